The number of oxazole rings is 1. The Kier molecular flexibility index (Phi) is 6.71. The van der Waals surface area contributed by atoms with Crippen LogP contribution in [0.15, 0.2) is 87.7 Å². The molecule has 0 saturated heterocycles. The molecule has 0 aliphatic heterocycles. The number of anilines is 1. The summed E-state index contributed by atoms with van der Waals surface area (Å²) < 4.78 is 11.5. The highest BCUT2D eigenvalue weighted by atomic mass is 32.1. The number of rotatable bonds is 5. The SMILES string of the molecule is CC(C)(C)c1ccc(-c2nc3cc(NC(=S)NC(=O)c4ccc(-c5ccccc5[N+](=O)[O-])o4)ccc3o2)cc1. The third kappa shape index (κ3) is 5.55. The average molecular weight is 541 g/mol. The van der Waals surface area contributed by atoms with Crippen molar-refractivity contribution in [2.24, 2.45) is 0 Å². The van der Waals surface area contributed by atoms with Crippen molar-refractivity contribution in [3.8, 4) is 22.8 Å². The van der Waals surface area contributed by atoms with E-state index in [9.17, 15) is 14.9 Å². The number of para-hydroxylation sites is 1. The van der Waals surface area contributed by atoms with Crippen LogP contribution in [0.4, 0.5) is 11.4 Å². The van der Waals surface area contributed by atoms with Crippen LogP contribution in [0.3, 0.4) is 0 Å². The lowest BCUT2D eigenvalue weighted by molar-refractivity contribution is -0.384. The summed E-state index contributed by atoms with van der Waals surface area (Å²) in [6, 6.07) is 22.5. The number of furan rings is 1. The molecule has 9 nitrogen and oxygen atoms in total. The molecular weight excluding hydrogens is 516 g/mol. The highest BCUT2D eigenvalue weighted by Crippen LogP contribution is 2.31. The van der Waals surface area contributed by atoms with Crippen LogP contribution in [0.1, 0.15) is 36.9 Å². The number of carbonyl (C=O) groups is 1. The molecule has 39 heavy (non-hydrogen) atoms. The lowest BCUT2D eigenvalue weighted by Crippen LogP contribution is -2.33. The van der Waals surface area contributed by atoms with Crippen LogP contribution in [0.5, 0.6) is 0 Å². The number of amides is 1. The Bertz CT molecular complexity index is 1710. The Morgan fingerprint density at radius 1 is 0.974 bits per heavy atom. The van der Waals surface area contributed by atoms with Crippen LogP contribution in [-0.2, 0) is 5.41 Å². The molecule has 0 spiro atoms. The molecule has 0 unspecified atom stereocenters. The summed E-state index contributed by atoms with van der Waals surface area (Å²) in [7, 11) is 0. The molecule has 2 heterocycles. The van der Waals surface area contributed by atoms with Crippen LogP contribution in [0, 0.1) is 10.1 Å². The minimum absolute atomic E-state index is 0.0404. The number of hydrogen-bond acceptors (Lipinski definition) is 7. The van der Waals surface area contributed by atoms with Gasteiger partial charge in [0.1, 0.15) is 11.3 Å². The number of benzene rings is 3. The van der Waals surface area contributed by atoms with Crippen LogP contribution in [0.25, 0.3) is 33.9 Å². The second-order valence-corrected chi connectivity index (χ2v) is 10.3. The lowest BCUT2D eigenvalue weighted by Gasteiger charge is -2.18. The van der Waals surface area contributed by atoms with Crippen molar-refractivity contribution in [2.45, 2.75) is 26.2 Å². The van der Waals surface area contributed by atoms with Gasteiger partial charge in [-0.25, -0.2) is 4.98 Å². The van der Waals surface area contributed by atoms with Gasteiger partial charge in [0, 0.05) is 17.3 Å². The maximum atomic E-state index is 12.7. The van der Waals surface area contributed by atoms with Crippen molar-refractivity contribution in [1.29, 1.82) is 0 Å². The molecule has 2 aromatic heterocycles. The van der Waals surface area contributed by atoms with Gasteiger partial charge in [-0.15, -0.1) is 0 Å². The first kappa shape index (κ1) is 25.8. The molecule has 1 amide bonds. The molecular formula is C29H24N4O5S. The molecule has 5 aromatic rings. The first-order chi connectivity index (χ1) is 18.6. The minimum atomic E-state index is -0.596. The number of carbonyl (C=O) groups excluding carboxylic acids is 1. The van der Waals surface area contributed by atoms with E-state index in [1.54, 1.807) is 36.4 Å². The number of thiocarbonyl (C=S) groups is 1. The third-order valence-electron chi connectivity index (χ3n) is 6.07. The molecule has 0 bridgehead atoms. The van der Waals surface area contributed by atoms with E-state index in [2.05, 4.69) is 48.5 Å². The lowest BCUT2D eigenvalue weighted by atomic mass is 9.87. The normalized spacial score (nSPS) is 11.4. The van der Waals surface area contributed by atoms with Crippen LogP contribution in [0.2, 0.25) is 0 Å². The van der Waals surface area contributed by atoms with Crippen molar-refractivity contribution in [2.75, 3.05) is 5.32 Å². The highest BCUT2D eigenvalue weighted by molar-refractivity contribution is 7.80. The first-order valence-electron chi connectivity index (χ1n) is 12.1. The fourth-order valence-electron chi connectivity index (χ4n) is 4.01. The van der Waals surface area contributed by atoms with Gasteiger partial charge in [0.05, 0.1) is 10.5 Å². The number of fused-ring (bicyclic) bond motifs is 1. The van der Waals surface area contributed by atoms with Gasteiger partial charge >= 0.3 is 0 Å². The molecule has 196 valence electrons. The number of nitro groups is 1. The first-order valence-corrected chi connectivity index (χ1v) is 12.5. The van der Waals surface area contributed by atoms with Crippen molar-refractivity contribution in [3.63, 3.8) is 0 Å². The quantitative estimate of drug-likeness (QED) is 0.138. The number of nitrogens with zero attached hydrogens (tertiary/aromatic N) is 2. The number of nitrogens with one attached hydrogen (secondary N) is 2. The van der Waals surface area contributed by atoms with E-state index in [1.807, 2.05) is 12.1 Å². The smallest absolute Gasteiger partial charge is 0.293 e. The highest BCUT2D eigenvalue weighted by Gasteiger charge is 2.20. The van der Waals surface area contributed by atoms with Crippen LogP contribution in [-0.4, -0.2) is 20.9 Å². The van der Waals surface area contributed by atoms with E-state index >= 15 is 0 Å². The second-order valence-electron chi connectivity index (χ2n) is 9.88. The number of aromatic nitrogens is 1. The standard InChI is InChI=1S/C29H24N4O5S/c1-29(2,3)18-10-8-17(9-11-18)27-31-21-16-19(12-13-24(21)38-27)30-28(39)32-26(34)25-15-14-23(37-25)20-6-4-5-7-22(20)33(35)36/h4-16H,1-3H3,(H2,30,32,34,39). The zero-order chi connectivity index (χ0) is 27.7. The molecule has 0 saturated carbocycles. The molecule has 0 atom stereocenters. The molecule has 3 aromatic carbocycles. The van der Waals surface area contributed by atoms with E-state index in [0.717, 1.165) is 5.56 Å². The van der Waals surface area contributed by atoms with E-state index < -0.39 is 10.8 Å². The Balaban J connectivity index is 1.26. The summed E-state index contributed by atoms with van der Waals surface area (Å²) in [6.07, 6.45) is 0. The summed E-state index contributed by atoms with van der Waals surface area (Å²) >= 11 is 5.30. The molecule has 2 N–H and O–H groups in total. The Labute approximate surface area is 229 Å². The Morgan fingerprint density at radius 3 is 2.44 bits per heavy atom. The van der Waals surface area contributed by atoms with E-state index in [0.29, 0.717) is 22.7 Å². The van der Waals surface area contributed by atoms with Gasteiger partial charge in [-0.05, 0) is 71.7 Å². The predicted octanol–water partition coefficient (Wildman–Crippen LogP) is 7.09. The molecule has 10 heteroatoms. The fraction of sp³-hybridized carbons (Fsp3) is 0.138. The van der Waals surface area contributed by atoms with Gasteiger partial charge in [-0.1, -0.05) is 45.0 Å². The Morgan fingerprint density at radius 2 is 1.72 bits per heavy atom. The summed E-state index contributed by atoms with van der Waals surface area (Å²) in [5.41, 5.74) is 4.14. The fourth-order valence-corrected chi connectivity index (χ4v) is 4.22. The monoisotopic (exact) mass is 540 g/mol. The number of hydrogen-bond donors (Lipinski definition) is 2. The zero-order valence-corrected chi connectivity index (χ0v) is 22.2. The summed E-state index contributed by atoms with van der Waals surface area (Å²) in [5, 5.41) is 16.9. The molecule has 0 fully saturated rings. The Hall–Kier alpha value is -4.83. The van der Waals surface area contributed by atoms with Gasteiger partial charge in [0.25, 0.3) is 11.6 Å². The average Bonchev–Trinajstić information content (AvgIpc) is 3.56. The topological polar surface area (TPSA) is 123 Å². The third-order valence-corrected chi connectivity index (χ3v) is 6.27. The van der Waals surface area contributed by atoms with Gasteiger partial charge in [-0.2, -0.15) is 0 Å². The summed E-state index contributed by atoms with van der Waals surface area (Å²) in [5.74, 6) is 0.0691. The van der Waals surface area contributed by atoms with Crippen molar-refractivity contribution >= 4 is 45.7 Å². The molecule has 5 rings (SSSR count). The minimum Gasteiger partial charge on any atom is -0.451 e. The van der Waals surface area contributed by atoms with Gasteiger partial charge in [0.15, 0.2) is 16.5 Å². The van der Waals surface area contributed by atoms with E-state index in [-0.39, 0.29) is 33.3 Å². The second kappa shape index (κ2) is 10.1. The molecule has 0 aliphatic rings. The summed E-state index contributed by atoms with van der Waals surface area (Å²) in [4.78, 5) is 28.1. The van der Waals surface area contributed by atoms with E-state index in [4.69, 9.17) is 21.1 Å². The van der Waals surface area contributed by atoms with Gasteiger partial charge < -0.3 is 14.2 Å². The van der Waals surface area contributed by atoms with Crippen molar-refractivity contribution < 1.29 is 18.6 Å². The number of nitro benzene ring substituents is 1. The summed E-state index contributed by atoms with van der Waals surface area (Å²) in [6.45, 7) is 6.48. The molecule has 0 aliphatic carbocycles. The largest absolute Gasteiger partial charge is 0.451 e. The van der Waals surface area contributed by atoms with E-state index in [1.165, 1.54) is 23.8 Å². The maximum absolute atomic E-state index is 12.7. The zero-order valence-electron chi connectivity index (χ0n) is 21.3. The predicted molar refractivity (Wildman–Crippen MR) is 153 cm³/mol. The van der Waals surface area contributed by atoms with Crippen LogP contribution < -0.4 is 10.6 Å². The van der Waals surface area contributed by atoms with Crippen molar-refractivity contribution in [3.05, 3.63) is 100 Å². The molecule has 0 radical (unpaired) electrons. The maximum Gasteiger partial charge on any atom is 0.293 e. The van der Waals surface area contributed by atoms with Crippen LogP contribution >= 0.6 is 12.2 Å². The van der Waals surface area contributed by atoms with Gasteiger partial charge in [-0.3, -0.25) is 20.2 Å². The van der Waals surface area contributed by atoms with Gasteiger partial charge in [0.2, 0.25) is 5.89 Å². The van der Waals surface area contributed by atoms with Crippen molar-refractivity contribution in [1.82, 2.24) is 10.3 Å².